The lowest BCUT2D eigenvalue weighted by molar-refractivity contribution is 0.0747. The number of ether oxygens (including phenoxy) is 1. The van der Waals surface area contributed by atoms with Crippen molar-refractivity contribution < 1.29 is 13.6 Å². The molecule has 0 spiro atoms. The zero-order chi connectivity index (χ0) is 23.4. The summed E-state index contributed by atoms with van der Waals surface area (Å²) in [5.41, 5.74) is 3.33. The van der Waals surface area contributed by atoms with Crippen LogP contribution >= 0.6 is 11.8 Å². The molecule has 0 saturated carbocycles. The minimum atomic E-state index is -2.15. The van der Waals surface area contributed by atoms with Crippen molar-refractivity contribution in [2.75, 3.05) is 13.4 Å². The third-order valence-electron chi connectivity index (χ3n) is 5.15. The van der Waals surface area contributed by atoms with Crippen LogP contribution in [-0.2, 0) is 9.16 Å². The van der Waals surface area contributed by atoms with Crippen LogP contribution in [-0.4, -0.2) is 32.9 Å². The van der Waals surface area contributed by atoms with Crippen molar-refractivity contribution in [2.24, 2.45) is 0 Å². The summed E-state index contributed by atoms with van der Waals surface area (Å²) in [6.07, 6.45) is 2.07. The first-order valence-electron chi connectivity index (χ1n) is 10.7. The Labute approximate surface area is 193 Å². The highest BCUT2D eigenvalue weighted by atomic mass is 32.2. The molecule has 0 aromatic heterocycles. The van der Waals surface area contributed by atoms with Gasteiger partial charge in [0.2, 0.25) is 0 Å². The number of thioether (sulfide) groups is 1. The fourth-order valence-corrected chi connectivity index (χ4v) is 7.42. The molecule has 31 heavy (non-hydrogen) atoms. The summed E-state index contributed by atoms with van der Waals surface area (Å²) < 4.78 is 26.8. The second-order valence-corrected chi connectivity index (χ2v) is 14.9. The molecule has 170 valence electrons. The number of hydrogen-bond donors (Lipinski definition) is 0. The third-order valence-corrected chi connectivity index (χ3v) is 8.26. The van der Waals surface area contributed by atoms with Gasteiger partial charge in [-0.1, -0.05) is 24.3 Å². The predicted octanol–water partition coefficient (Wildman–Crippen LogP) is 7.90. The van der Waals surface area contributed by atoms with Crippen LogP contribution in [0.15, 0.2) is 53.4 Å². The van der Waals surface area contributed by atoms with Gasteiger partial charge in [-0.3, -0.25) is 0 Å². The van der Waals surface area contributed by atoms with Crippen molar-refractivity contribution >= 4 is 31.2 Å². The largest absolute Gasteiger partial charge is 0.412 e. The molecule has 0 radical (unpaired) electrons. The average molecular weight is 461 g/mol. The highest BCUT2D eigenvalue weighted by Crippen LogP contribution is 2.42. The molecule has 0 aliphatic rings. The molecule has 0 heterocycles. The van der Waals surface area contributed by atoms with Gasteiger partial charge in [0, 0.05) is 17.6 Å². The molecule has 0 saturated heterocycles. The molecule has 0 aliphatic carbocycles. The van der Waals surface area contributed by atoms with E-state index in [2.05, 4.69) is 78.2 Å². The van der Waals surface area contributed by atoms with Gasteiger partial charge >= 0.3 is 0 Å². The van der Waals surface area contributed by atoms with Gasteiger partial charge in [0.05, 0.1) is 5.60 Å². The molecule has 0 unspecified atom stereocenters. The Kier molecular flexibility index (Phi) is 8.37. The van der Waals surface area contributed by atoms with Gasteiger partial charge in [0.25, 0.3) is 0 Å². The molecule has 0 bridgehead atoms. The van der Waals surface area contributed by atoms with Crippen LogP contribution in [0.5, 0.6) is 0 Å². The van der Waals surface area contributed by atoms with E-state index in [0.29, 0.717) is 0 Å². The quantitative estimate of drug-likeness (QED) is 0.226. The van der Waals surface area contributed by atoms with Gasteiger partial charge in [-0.25, -0.2) is 4.39 Å². The highest BCUT2D eigenvalue weighted by Gasteiger charge is 2.35. The topological polar surface area (TPSA) is 18.5 Å². The summed E-state index contributed by atoms with van der Waals surface area (Å²) in [5, 5.41) is 0. The van der Waals surface area contributed by atoms with Gasteiger partial charge < -0.3 is 9.16 Å². The summed E-state index contributed by atoms with van der Waals surface area (Å²) in [7, 11) is -0.417. The number of hydrogen-bond acceptors (Lipinski definition) is 3. The molecular formula is C26H37FO2SSi. The normalized spacial score (nSPS) is 13.9. The molecule has 0 amide bonds. The van der Waals surface area contributed by atoms with Crippen molar-refractivity contribution in [3.8, 4) is 0 Å². The molecule has 5 heteroatoms. The minimum Gasteiger partial charge on any atom is -0.412 e. The van der Waals surface area contributed by atoms with Crippen LogP contribution in [0.4, 0.5) is 4.39 Å². The second-order valence-electron chi connectivity index (χ2n) is 9.96. The van der Waals surface area contributed by atoms with Crippen molar-refractivity contribution in [3.63, 3.8) is 0 Å². The molecular weight excluding hydrogens is 423 g/mol. The van der Waals surface area contributed by atoms with Crippen LogP contribution < -0.4 is 0 Å². The van der Waals surface area contributed by atoms with Crippen LogP contribution in [0.2, 0.25) is 19.1 Å². The average Bonchev–Trinajstić information content (AvgIpc) is 2.66. The zero-order valence-electron chi connectivity index (χ0n) is 20.4. The first kappa shape index (κ1) is 25.9. The maximum atomic E-state index is 14.3. The monoisotopic (exact) mass is 460 g/mol. The standard InChI is InChI=1S/C26H37FO2SSi/c1-25(2,3)29-31(8,9)18-23(20-11-10-12-21(27)17-20)24(26(4,5)28-6)19-13-15-22(30-7)16-14-19/h10-17H,18H2,1-9H3/b24-23+. The predicted molar refractivity (Wildman–Crippen MR) is 136 cm³/mol. The molecule has 0 N–H and O–H groups in total. The van der Waals surface area contributed by atoms with Gasteiger partial charge in [-0.15, -0.1) is 11.8 Å². The lowest BCUT2D eigenvalue weighted by atomic mass is 9.85. The first-order chi connectivity index (χ1) is 14.3. The lowest BCUT2D eigenvalue weighted by Crippen LogP contribution is -2.39. The van der Waals surface area contributed by atoms with Gasteiger partial charge in [-0.05, 0) is 107 Å². The Morgan fingerprint density at radius 3 is 2.06 bits per heavy atom. The fourth-order valence-electron chi connectivity index (χ4n) is 4.05. The molecule has 2 nitrogen and oxygen atoms in total. The van der Waals surface area contributed by atoms with E-state index in [9.17, 15) is 4.39 Å². The summed E-state index contributed by atoms with van der Waals surface area (Å²) in [6.45, 7) is 14.9. The van der Waals surface area contributed by atoms with Crippen LogP contribution in [0.25, 0.3) is 11.1 Å². The summed E-state index contributed by atoms with van der Waals surface area (Å²) in [6, 6.07) is 16.2. The molecule has 0 aliphatic heterocycles. The molecule has 0 fully saturated rings. The van der Waals surface area contributed by atoms with E-state index in [1.807, 2.05) is 6.07 Å². The third kappa shape index (κ3) is 7.31. The van der Waals surface area contributed by atoms with Crippen LogP contribution in [0.3, 0.4) is 0 Å². The Morgan fingerprint density at radius 1 is 0.968 bits per heavy atom. The van der Waals surface area contributed by atoms with Crippen molar-refractivity contribution in [1.82, 2.24) is 0 Å². The van der Waals surface area contributed by atoms with Crippen LogP contribution in [0, 0.1) is 5.82 Å². The van der Waals surface area contributed by atoms with E-state index in [-0.39, 0.29) is 11.4 Å². The van der Waals surface area contributed by atoms with Crippen LogP contribution in [0.1, 0.15) is 45.7 Å². The van der Waals surface area contributed by atoms with E-state index in [1.165, 1.54) is 11.0 Å². The zero-order valence-corrected chi connectivity index (χ0v) is 22.2. The number of rotatable bonds is 8. The number of allylic oxidation sites excluding steroid dienone is 1. The smallest absolute Gasteiger partial charge is 0.191 e. The van der Waals surface area contributed by atoms with E-state index < -0.39 is 13.9 Å². The summed E-state index contributed by atoms with van der Waals surface area (Å²) in [4.78, 5) is 1.20. The van der Waals surface area contributed by atoms with Crippen molar-refractivity contribution in [2.45, 2.75) is 69.9 Å². The minimum absolute atomic E-state index is 0.236. The SMILES string of the molecule is COC(C)(C)/C(=C(\C[Si](C)(C)OC(C)(C)C)c1cccc(F)c1)c1ccc(SC)cc1. The van der Waals surface area contributed by atoms with Gasteiger partial charge in [0.1, 0.15) is 5.82 Å². The van der Waals surface area contributed by atoms with Crippen molar-refractivity contribution in [3.05, 3.63) is 65.5 Å². The maximum Gasteiger partial charge on any atom is 0.191 e. The number of methoxy groups -OCH3 is 1. The van der Waals surface area contributed by atoms with Gasteiger partial charge in [0.15, 0.2) is 8.32 Å². The van der Waals surface area contributed by atoms with E-state index in [0.717, 1.165) is 28.3 Å². The van der Waals surface area contributed by atoms with E-state index in [4.69, 9.17) is 9.16 Å². The Bertz CT molecular complexity index is 912. The Hall–Kier alpha value is -1.40. The Morgan fingerprint density at radius 2 is 1.58 bits per heavy atom. The molecule has 2 aromatic carbocycles. The van der Waals surface area contributed by atoms with E-state index in [1.54, 1.807) is 31.0 Å². The van der Waals surface area contributed by atoms with Crippen molar-refractivity contribution in [1.29, 1.82) is 0 Å². The first-order valence-corrected chi connectivity index (χ1v) is 15.0. The second kappa shape index (κ2) is 10.0. The summed E-state index contributed by atoms with van der Waals surface area (Å²) >= 11 is 1.72. The molecule has 2 rings (SSSR count). The molecule has 2 aromatic rings. The van der Waals surface area contributed by atoms with Gasteiger partial charge in [-0.2, -0.15) is 0 Å². The summed E-state index contributed by atoms with van der Waals surface area (Å²) in [5.74, 6) is -0.237. The maximum absolute atomic E-state index is 14.3. The lowest BCUT2D eigenvalue weighted by Gasteiger charge is -2.36. The highest BCUT2D eigenvalue weighted by molar-refractivity contribution is 7.98. The number of benzene rings is 2. The fraction of sp³-hybridized carbons (Fsp3) is 0.462. The Balaban J connectivity index is 2.79. The van der Waals surface area contributed by atoms with E-state index >= 15 is 0 Å². The number of halogens is 1. The molecule has 0 atom stereocenters.